The molecule has 0 atom stereocenters. The molecule has 0 bridgehead atoms. The monoisotopic (exact) mass is 354 g/mol. The number of hydrogen-bond acceptors (Lipinski definition) is 3. The van der Waals surface area contributed by atoms with Crippen molar-refractivity contribution in [3.63, 3.8) is 0 Å². The van der Waals surface area contributed by atoms with Crippen molar-refractivity contribution in [2.75, 3.05) is 20.6 Å². The summed E-state index contributed by atoms with van der Waals surface area (Å²) in [6, 6.07) is 9.95. The highest BCUT2D eigenvalue weighted by Gasteiger charge is 2.33. The lowest BCUT2D eigenvalue weighted by atomic mass is 9.88. The lowest BCUT2D eigenvalue weighted by Gasteiger charge is -2.39. The van der Waals surface area contributed by atoms with Crippen molar-refractivity contribution in [2.45, 2.75) is 50.5 Å². The van der Waals surface area contributed by atoms with E-state index in [1.54, 1.807) is 6.20 Å². The summed E-state index contributed by atoms with van der Waals surface area (Å²) in [5.74, 6) is 0.0723. The molecule has 0 spiro atoms. The van der Waals surface area contributed by atoms with Crippen LogP contribution >= 0.6 is 0 Å². The number of carbonyl (C=O) groups is 1. The van der Waals surface area contributed by atoms with Crippen molar-refractivity contribution in [1.29, 1.82) is 0 Å². The minimum Gasteiger partial charge on any atom is -0.354 e. The summed E-state index contributed by atoms with van der Waals surface area (Å²) in [6.07, 6.45) is 11.5. The normalized spacial score (nSPS) is 17.0. The van der Waals surface area contributed by atoms with Gasteiger partial charge in [0, 0.05) is 18.3 Å². The molecule has 5 nitrogen and oxygen atoms in total. The van der Waals surface area contributed by atoms with E-state index in [1.165, 1.54) is 25.7 Å². The molecule has 140 valence electrons. The van der Waals surface area contributed by atoms with Gasteiger partial charge in [-0.2, -0.15) is 5.10 Å². The van der Waals surface area contributed by atoms with E-state index in [9.17, 15) is 4.79 Å². The summed E-state index contributed by atoms with van der Waals surface area (Å²) in [6.45, 7) is 0.728. The number of carbonyl (C=O) groups excluding carboxylic acids is 1. The summed E-state index contributed by atoms with van der Waals surface area (Å²) in [5, 5.41) is 7.55. The maximum Gasteiger partial charge on any atom is 0.224 e. The van der Waals surface area contributed by atoms with Crippen molar-refractivity contribution in [3.05, 3.63) is 48.3 Å². The smallest absolute Gasteiger partial charge is 0.224 e. The van der Waals surface area contributed by atoms with Gasteiger partial charge in [0.1, 0.15) is 0 Å². The van der Waals surface area contributed by atoms with E-state index in [0.29, 0.717) is 6.42 Å². The van der Waals surface area contributed by atoms with Crippen LogP contribution in [-0.2, 0) is 11.2 Å². The standard InChI is InChI=1S/C21H30N4O/c1-24(2)21(12-8-3-4-9-13-21)17-22-20(26)14-18-15-23-25(16-18)19-10-6-5-7-11-19/h5-7,10-11,15-16H,3-4,8-9,12-14,17H2,1-2H3,(H,22,26). The van der Waals surface area contributed by atoms with Crippen LogP contribution in [0, 0.1) is 0 Å². The van der Waals surface area contributed by atoms with Gasteiger partial charge in [0.25, 0.3) is 0 Å². The highest BCUT2D eigenvalue weighted by Crippen LogP contribution is 2.30. The van der Waals surface area contributed by atoms with Crippen molar-refractivity contribution in [2.24, 2.45) is 0 Å². The quantitative estimate of drug-likeness (QED) is 0.811. The SMILES string of the molecule is CN(C)C1(CNC(=O)Cc2cnn(-c3ccccc3)c2)CCCCCC1. The van der Waals surface area contributed by atoms with Gasteiger partial charge in [-0.25, -0.2) is 4.68 Å². The van der Waals surface area contributed by atoms with E-state index < -0.39 is 0 Å². The Balaban J connectivity index is 1.58. The van der Waals surface area contributed by atoms with Crippen LogP contribution in [0.15, 0.2) is 42.7 Å². The lowest BCUT2D eigenvalue weighted by molar-refractivity contribution is -0.121. The Bertz CT molecular complexity index is 700. The Morgan fingerprint density at radius 2 is 1.85 bits per heavy atom. The number of benzene rings is 1. The second-order valence-electron chi connectivity index (χ2n) is 7.62. The number of likely N-dealkylation sites (N-methyl/N-ethyl adjacent to an activating group) is 1. The zero-order valence-corrected chi connectivity index (χ0v) is 15.9. The number of amides is 1. The molecule has 0 aliphatic heterocycles. The summed E-state index contributed by atoms with van der Waals surface area (Å²) >= 11 is 0. The Hall–Kier alpha value is -2.14. The van der Waals surface area contributed by atoms with Crippen LogP contribution < -0.4 is 5.32 Å². The van der Waals surface area contributed by atoms with Crippen LogP contribution in [0.3, 0.4) is 0 Å². The van der Waals surface area contributed by atoms with Gasteiger partial charge >= 0.3 is 0 Å². The molecule has 1 saturated carbocycles. The van der Waals surface area contributed by atoms with E-state index in [-0.39, 0.29) is 11.4 Å². The molecule has 3 rings (SSSR count). The second kappa shape index (κ2) is 8.49. The van der Waals surface area contributed by atoms with E-state index in [2.05, 4.69) is 29.4 Å². The summed E-state index contributed by atoms with van der Waals surface area (Å²) in [4.78, 5) is 14.8. The lowest BCUT2D eigenvalue weighted by Crippen LogP contribution is -2.52. The van der Waals surface area contributed by atoms with E-state index in [1.807, 2.05) is 41.2 Å². The molecular weight excluding hydrogens is 324 g/mol. The molecule has 1 aliphatic rings. The molecule has 26 heavy (non-hydrogen) atoms. The summed E-state index contributed by atoms with van der Waals surface area (Å²) in [5.41, 5.74) is 2.04. The molecular formula is C21H30N4O. The first-order chi connectivity index (χ1) is 12.6. The Morgan fingerprint density at radius 1 is 1.15 bits per heavy atom. The average Bonchev–Trinajstić information content (AvgIpc) is 2.97. The molecule has 1 fully saturated rings. The molecule has 1 aromatic heterocycles. The molecule has 0 saturated heterocycles. The summed E-state index contributed by atoms with van der Waals surface area (Å²) in [7, 11) is 4.28. The summed E-state index contributed by atoms with van der Waals surface area (Å²) < 4.78 is 1.81. The fraction of sp³-hybridized carbons (Fsp3) is 0.524. The third-order valence-corrected chi connectivity index (χ3v) is 5.62. The van der Waals surface area contributed by atoms with Gasteiger partial charge in [-0.15, -0.1) is 0 Å². The van der Waals surface area contributed by atoms with Gasteiger partial charge in [-0.3, -0.25) is 4.79 Å². The van der Waals surface area contributed by atoms with Gasteiger partial charge < -0.3 is 10.2 Å². The van der Waals surface area contributed by atoms with E-state index in [4.69, 9.17) is 0 Å². The fourth-order valence-electron chi connectivity index (χ4n) is 3.85. The number of para-hydroxylation sites is 1. The highest BCUT2D eigenvalue weighted by atomic mass is 16.1. The molecule has 1 aliphatic carbocycles. The van der Waals surface area contributed by atoms with Gasteiger partial charge in [-0.1, -0.05) is 43.9 Å². The van der Waals surface area contributed by atoms with Crippen LogP contribution in [0.1, 0.15) is 44.1 Å². The Morgan fingerprint density at radius 3 is 2.50 bits per heavy atom. The number of hydrogen-bond donors (Lipinski definition) is 1. The third-order valence-electron chi connectivity index (χ3n) is 5.62. The Labute approximate surface area is 156 Å². The molecule has 1 heterocycles. The zero-order chi connectivity index (χ0) is 18.4. The van der Waals surface area contributed by atoms with Crippen molar-refractivity contribution in [1.82, 2.24) is 20.0 Å². The predicted molar refractivity (Wildman–Crippen MR) is 104 cm³/mol. The maximum absolute atomic E-state index is 12.5. The molecule has 0 unspecified atom stereocenters. The first-order valence-electron chi connectivity index (χ1n) is 9.62. The third kappa shape index (κ3) is 4.52. The molecule has 1 amide bonds. The van der Waals surface area contributed by atoms with E-state index >= 15 is 0 Å². The first kappa shape index (κ1) is 18.6. The predicted octanol–water partition coefficient (Wildman–Crippen LogP) is 3.19. The van der Waals surface area contributed by atoms with Crippen LogP contribution in [0.4, 0.5) is 0 Å². The van der Waals surface area contributed by atoms with Gasteiger partial charge in [-0.05, 0) is 44.6 Å². The van der Waals surface area contributed by atoms with Crippen LogP contribution in [0.2, 0.25) is 0 Å². The van der Waals surface area contributed by atoms with Gasteiger partial charge in [0.15, 0.2) is 0 Å². The molecule has 0 radical (unpaired) electrons. The van der Waals surface area contributed by atoms with Crippen LogP contribution in [0.5, 0.6) is 0 Å². The van der Waals surface area contributed by atoms with Crippen LogP contribution in [0.25, 0.3) is 5.69 Å². The van der Waals surface area contributed by atoms with Crippen molar-refractivity contribution < 1.29 is 4.79 Å². The van der Waals surface area contributed by atoms with Gasteiger partial charge in [0.05, 0.1) is 18.3 Å². The van der Waals surface area contributed by atoms with E-state index in [0.717, 1.165) is 30.6 Å². The van der Waals surface area contributed by atoms with Crippen molar-refractivity contribution in [3.8, 4) is 5.69 Å². The van der Waals surface area contributed by atoms with Gasteiger partial charge in [0.2, 0.25) is 5.91 Å². The number of rotatable bonds is 6. The zero-order valence-electron chi connectivity index (χ0n) is 15.9. The molecule has 1 aromatic carbocycles. The minimum atomic E-state index is 0.0723. The second-order valence-corrected chi connectivity index (χ2v) is 7.62. The largest absolute Gasteiger partial charge is 0.354 e. The minimum absolute atomic E-state index is 0.0723. The molecule has 5 heteroatoms. The fourth-order valence-corrected chi connectivity index (χ4v) is 3.85. The highest BCUT2D eigenvalue weighted by molar-refractivity contribution is 5.78. The maximum atomic E-state index is 12.5. The van der Waals surface area contributed by atoms with Crippen LogP contribution in [-0.4, -0.2) is 46.8 Å². The molecule has 1 N–H and O–H groups in total. The van der Waals surface area contributed by atoms with Crippen molar-refractivity contribution >= 4 is 5.91 Å². The topological polar surface area (TPSA) is 50.2 Å². The average molecular weight is 354 g/mol. The molecule has 2 aromatic rings. The number of nitrogens with zero attached hydrogens (tertiary/aromatic N) is 3. The number of nitrogens with one attached hydrogen (secondary N) is 1. The first-order valence-corrected chi connectivity index (χ1v) is 9.62. The Kier molecular flexibility index (Phi) is 6.09. The number of aromatic nitrogens is 2.